The van der Waals surface area contributed by atoms with Crippen LogP contribution in [0.1, 0.15) is 41.5 Å². The third-order valence-corrected chi connectivity index (χ3v) is 4.21. The minimum Gasteiger partial charge on any atom is -0.335 e. The molecule has 3 rings (SSSR count). The summed E-state index contributed by atoms with van der Waals surface area (Å²) in [6.45, 7) is 5.21. The summed E-state index contributed by atoms with van der Waals surface area (Å²) in [7, 11) is 0. The van der Waals surface area contributed by atoms with Crippen LogP contribution in [0.5, 0.6) is 0 Å². The maximum atomic E-state index is 12.5. The standard InChI is InChI=1S/C14H20N4O/c1-3-12-11(6-9(2)16-17-12)13(19)18-7-14(15,8-18)10-4-5-10/h6,10H,3-5,7-8,15H2,1-2H3. The van der Waals surface area contributed by atoms with Crippen LogP contribution in [-0.4, -0.2) is 39.6 Å². The molecule has 5 heteroatoms. The molecule has 0 aromatic carbocycles. The molecule has 102 valence electrons. The number of hydrogen-bond acceptors (Lipinski definition) is 4. The molecule has 1 aromatic heterocycles. The molecule has 1 aromatic rings. The number of hydrogen-bond donors (Lipinski definition) is 1. The molecule has 19 heavy (non-hydrogen) atoms. The van der Waals surface area contributed by atoms with Crippen molar-refractivity contribution in [3.63, 3.8) is 0 Å². The molecule has 0 unspecified atom stereocenters. The first kappa shape index (κ1) is 12.5. The van der Waals surface area contributed by atoms with Gasteiger partial charge >= 0.3 is 0 Å². The molecule has 0 atom stereocenters. The Morgan fingerprint density at radius 1 is 1.47 bits per heavy atom. The van der Waals surface area contributed by atoms with Crippen molar-refractivity contribution >= 4 is 5.91 Å². The number of aryl methyl sites for hydroxylation is 2. The molecule has 0 radical (unpaired) electrons. The summed E-state index contributed by atoms with van der Waals surface area (Å²) in [6.07, 6.45) is 3.15. The molecule has 5 nitrogen and oxygen atoms in total. The number of carbonyl (C=O) groups excluding carboxylic acids is 1. The lowest BCUT2D eigenvalue weighted by molar-refractivity contribution is 0.0348. The van der Waals surface area contributed by atoms with Crippen LogP contribution >= 0.6 is 0 Å². The van der Waals surface area contributed by atoms with Crippen LogP contribution in [0.25, 0.3) is 0 Å². The second-order valence-corrected chi connectivity index (χ2v) is 5.87. The van der Waals surface area contributed by atoms with E-state index in [0.717, 1.165) is 17.8 Å². The van der Waals surface area contributed by atoms with Crippen LogP contribution < -0.4 is 5.73 Å². The average Bonchev–Trinajstić information content (AvgIpc) is 3.18. The van der Waals surface area contributed by atoms with E-state index in [2.05, 4.69) is 10.2 Å². The summed E-state index contributed by atoms with van der Waals surface area (Å²) in [4.78, 5) is 14.3. The summed E-state index contributed by atoms with van der Waals surface area (Å²) < 4.78 is 0. The van der Waals surface area contributed by atoms with Crippen molar-refractivity contribution in [3.8, 4) is 0 Å². The molecule has 1 amide bonds. The Kier molecular flexibility index (Phi) is 2.82. The van der Waals surface area contributed by atoms with Gasteiger partial charge in [-0.1, -0.05) is 6.92 Å². The third-order valence-electron chi connectivity index (χ3n) is 4.21. The first-order chi connectivity index (χ1) is 9.03. The summed E-state index contributed by atoms with van der Waals surface area (Å²) >= 11 is 0. The van der Waals surface area contributed by atoms with E-state index in [1.807, 2.05) is 24.8 Å². The maximum Gasteiger partial charge on any atom is 0.255 e. The fourth-order valence-corrected chi connectivity index (χ4v) is 2.86. The third kappa shape index (κ3) is 2.12. The van der Waals surface area contributed by atoms with E-state index in [4.69, 9.17) is 5.73 Å². The van der Waals surface area contributed by atoms with Crippen LogP contribution in [0.4, 0.5) is 0 Å². The van der Waals surface area contributed by atoms with Gasteiger partial charge in [-0.25, -0.2) is 0 Å². The lowest BCUT2D eigenvalue weighted by atomic mass is 9.85. The predicted octanol–water partition coefficient (Wildman–Crippen LogP) is 0.911. The number of nitrogens with zero attached hydrogens (tertiary/aromatic N) is 3. The van der Waals surface area contributed by atoms with Gasteiger partial charge < -0.3 is 10.6 Å². The van der Waals surface area contributed by atoms with Crippen LogP contribution in [0.2, 0.25) is 0 Å². The number of nitrogens with two attached hydrogens (primary N) is 1. The van der Waals surface area contributed by atoms with E-state index in [-0.39, 0.29) is 11.4 Å². The fourth-order valence-electron chi connectivity index (χ4n) is 2.86. The molecule has 2 N–H and O–H groups in total. The molecule has 1 saturated heterocycles. The Labute approximate surface area is 113 Å². The van der Waals surface area contributed by atoms with Crippen molar-refractivity contribution in [2.75, 3.05) is 13.1 Å². The number of likely N-dealkylation sites (tertiary alicyclic amines) is 1. The Bertz CT molecular complexity index is 518. The Morgan fingerprint density at radius 2 is 2.16 bits per heavy atom. The van der Waals surface area contributed by atoms with Gasteiger partial charge in [0.05, 0.1) is 22.5 Å². The largest absolute Gasteiger partial charge is 0.335 e. The number of carbonyl (C=O) groups is 1. The minimum atomic E-state index is -0.127. The van der Waals surface area contributed by atoms with E-state index >= 15 is 0 Å². The smallest absolute Gasteiger partial charge is 0.255 e. The van der Waals surface area contributed by atoms with Crippen molar-refractivity contribution in [1.82, 2.24) is 15.1 Å². The molecule has 2 aliphatic rings. The van der Waals surface area contributed by atoms with E-state index < -0.39 is 0 Å². The topological polar surface area (TPSA) is 72.1 Å². The van der Waals surface area contributed by atoms with Gasteiger partial charge in [0.15, 0.2) is 0 Å². The van der Waals surface area contributed by atoms with Gasteiger partial charge in [-0.05, 0) is 38.2 Å². The Balaban J connectivity index is 1.76. The second kappa shape index (κ2) is 4.27. The van der Waals surface area contributed by atoms with Gasteiger partial charge in [0.2, 0.25) is 0 Å². The highest BCUT2D eigenvalue weighted by Gasteiger charge is 2.51. The van der Waals surface area contributed by atoms with Crippen LogP contribution in [0.15, 0.2) is 6.07 Å². The average molecular weight is 260 g/mol. The molecule has 0 bridgehead atoms. The predicted molar refractivity (Wildman–Crippen MR) is 71.7 cm³/mol. The van der Waals surface area contributed by atoms with Crippen molar-refractivity contribution in [2.24, 2.45) is 11.7 Å². The van der Waals surface area contributed by atoms with Gasteiger partial charge in [0.25, 0.3) is 5.91 Å². The van der Waals surface area contributed by atoms with Crippen molar-refractivity contribution in [2.45, 2.75) is 38.6 Å². The van der Waals surface area contributed by atoms with Gasteiger partial charge in [0, 0.05) is 13.1 Å². The molecule has 1 aliphatic carbocycles. The minimum absolute atomic E-state index is 0.0524. The first-order valence-electron chi connectivity index (χ1n) is 6.95. The zero-order valence-corrected chi connectivity index (χ0v) is 11.5. The summed E-state index contributed by atoms with van der Waals surface area (Å²) in [5.41, 5.74) is 8.41. The highest BCUT2D eigenvalue weighted by Crippen LogP contribution is 2.43. The van der Waals surface area contributed by atoms with Gasteiger partial charge in [-0.3, -0.25) is 4.79 Å². The Morgan fingerprint density at radius 3 is 2.74 bits per heavy atom. The summed E-state index contributed by atoms with van der Waals surface area (Å²) in [5.74, 6) is 0.677. The molecule has 0 spiro atoms. The normalized spacial score (nSPS) is 21.1. The zero-order valence-electron chi connectivity index (χ0n) is 11.5. The SMILES string of the molecule is CCc1nnc(C)cc1C(=O)N1CC(N)(C2CC2)C1. The molecule has 2 fully saturated rings. The lowest BCUT2D eigenvalue weighted by Crippen LogP contribution is -2.69. The van der Waals surface area contributed by atoms with Crippen LogP contribution in [-0.2, 0) is 6.42 Å². The molecular weight excluding hydrogens is 240 g/mol. The van der Waals surface area contributed by atoms with Gasteiger partial charge in [-0.2, -0.15) is 10.2 Å². The highest BCUT2D eigenvalue weighted by molar-refractivity contribution is 5.96. The van der Waals surface area contributed by atoms with E-state index in [1.165, 1.54) is 12.8 Å². The molecule has 1 aliphatic heterocycles. The first-order valence-corrected chi connectivity index (χ1v) is 6.95. The van der Waals surface area contributed by atoms with Crippen molar-refractivity contribution < 1.29 is 4.79 Å². The quantitative estimate of drug-likeness (QED) is 0.877. The maximum absolute atomic E-state index is 12.5. The number of aromatic nitrogens is 2. The lowest BCUT2D eigenvalue weighted by Gasteiger charge is -2.48. The van der Waals surface area contributed by atoms with Crippen LogP contribution in [0.3, 0.4) is 0 Å². The number of rotatable bonds is 3. The van der Waals surface area contributed by atoms with E-state index in [9.17, 15) is 4.79 Å². The number of amides is 1. The van der Waals surface area contributed by atoms with Gasteiger partial charge in [0.1, 0.15) is 0 Å². The Hall–Kier alpha value is -1.49. The van der Waals surface area contributed by atoms with Crippen molar-refractivity contribution in [3.05, 3.63) is 23.0 Å². The molecule has 1 saturated carbocycles. The molecular formula is C14H20N4O. The summed E-state index contributed by atoms with van der Waals surface area (Å²) in [6, 6.07) is 1.84. The summed E-state index contributed by atoms with van der Waals surface area (Å²) in [5, 5.41) is 8.13. The zero-order chi connectivity index (χ0) is 13.6. The van der Waals surface area contributed by atoms with Crippen LogP contribution in [0, 0.1) is 12.8 Å². The van der Waals surface area contributed by atoms with Crippen molar-refractivity contribution in [1.29, 1.82) is 0 Å². The van der Waals surface area contributed by atoms with E-state index in [0.29, 0.717) is 24.6 Å². The fraction of sp³-hybridized carbons (Fsp3) is 0.643. The molecule has 2 heterocycles. The highest BCUT2D eigenvalue weighted by atomic mass is 16.2. The van der Waals surface area contributed by atoms with Gasteiger partial charge in [-0.15, -0.1) is 0 Å². The second-order valence-electron chi connectivity index (χ2n) is 5.87. The monoisotopic (exact) mass is 260 g/mol. The van der Waals surface area contributed by atoms with E-state index in [1.54, 1.807) is 0 Å².